The van der Waals surface area contributed by atoms with Gasteiger partial charge in [0.15, 0.2) is 17.4 Å². The van der Waals surface area contributed by atoms with E-state index in [2.05, 4.69) is 4.37 Å². The number of halogens is 6. The molecule has 3 rings (SSSR count). The number of aryl methyl sites for hydroxylation is 1. The van der Waals surface area contributed by atoms with Crippen molar-refractivity contribution in [2.75, 3.05) is 6.61 Å². The number of benzene rings is 2. The third-order valence-corrected chi connectivity index (χ3v) is 5.69. The van der Waals surface area contributed by atoms with Gasteiger partial charge in [0, 0.05) is 22.6 Å². The molecule has 0 saturated heterocycles. The van der Waals surface area contributed by atoms with E-state index in [0.29, 0.717) is 10.6 Å². The molecule has 3 aromatic rings. The van der Waals surface area contributed by atoms with Gasteiger partial charge in [-0.25, -0.2) is 8.78 Å². The predicted octanol–water partition coefficient (Wildman–Crippen LogP) is 6.84. The molecule has 0 N–H and O–H groups in total. The van der Waals surface area contributed by atoms with Crippen LogP contribution in [0.25, 0.3) is 11.3 Å². The Morgan fingerprint density at radius 1 is 1.12 bits per heavy atom. The van der Waals surface area contributed by atoms with Gasteiger partial charge in [0.25, 0.3) is 0 Å². The average molecular weight is 506 g/mol. The summed E-state index contributed by atoms with van der Waals surface area (Å²) in [5, 5.41) is 0.384. The molecular weight excluding hydrogens is 489 g/mol. The molecule has 0 radical (unpaired) electrons. The Labute approximate surface area is 195 Å². The molecule has 0 aliphatic heterocycles. The van der Waals surface area contributed by atoms with Gasteiger partial charge in [-0.1, -0.05) is 23.7 Å². The van der Waals surface area contributed by atoms with Gasteiger partial charge >= 0.3 is 12.1 Å². The fourth-order valence-electron chi connectivity index (χ4n) is 3.02. The van der Waals surface area contributed by atoms with E-state index < -0.39 is 41.0 Å². The molecule has 1 aromatic heterocycles. The largest absolute Gasteiger partial charge is 0.483 e. The van der Waals surface area contributed by atoms with Gasteiger partial charge in [0.2, 0.25) is 0 Å². The van der Waals surface area contributed by atoms with Gasteiger partial charge in [-0.15, -0.1) is 0 Å². The topological polar surface area (TPSA) is 48.4 Å². The Morgan fingerprint density at radius 2 is 1.76 bits per heavy atom. The highest BCUT2D eigenvalue weighted by Gasteiger charge is 2.38. The first kappa shape index (κ1) is 24.9. The quantitative estimate of drug-likeness (QED) is 0.248. The molecule has 0 unspecified atom stereocenters. The molecule has 0 bridgehead atoms. The minimum atomic E-state index is -4.73. The Balaban J connectivity index is 1.85. The fraction of sp³-hybridized carbons (Fsp3) is 0.273. The summed E-state index contributed by atoms with van der Waals surface area (Å²) >= 11 is 6.05. The van der Waals surface area contributed by atoms with Crippen LogP contribution in [0.1, 0.15) is 29.3 Å². The highest BCUT2D eigenvalue weighted by molar-refractivity contribution is 7.06. The zero-order valence-corrected chi connectivity index (χ0v) is 18.7. The number of carbonyl (C=O) groups excluding carboxylic acids is 1. The molecule has 0 fully saturated rings. The van der Waals surface area contributed by atoms with Crippen LogP contribution in [0, 0.1) is 11.6 Å². The molecule has 176 valence electrons. The zero-order chi connectivity index (χ0) is 24.2. The normalized spacial score (nSPS) is 11.5. The molecule has 2 aromatic carbocycles. The lowest BCUT2D eigenvalue weighted by Gasteiger charge is -2.13. The second-order valence-corrected chi connectivity index (χ2v) is 8.04. The lowest BCUT2D eigenvalue weighted by Crippen LogP contribution is -2.10. The lowest BCUT2D eigenvalue weighted by molar-refractivity contribution is -0.143. The van der Waals surface area contributed by atoms with Crippen molar-refractivity contribution in [1.82, 2.24) is 4.37 Å². The Kier molecular flexibility index (Phi) is 7.91. The minimum Gasteiger partial charge on any atom is -0.483 e. The van der Waals surface area contributed by atoms with E-state index in [0.717, 1.165) is 12.1 Å². The molecule has 0 spiro atoms. The summed E-state index contributed by atoms with van der Waals surface area (Å²) in [4.78, 5) is 10.4. The van der Waals surface area contributed by atoms with Crippen molar-refractivity contribution in [3.63, 3.8) is 0 Å². The molecule has 33 heavy (non-hydrogen) atoms. The maximum absolute atomic E-state index is 14.5. The monoisotopic (exact) mass is 505 g/mol. The van der Waals surface area contributed by atoms with E-state index >= 15 is 0 Å². The maximum atomic E-state index is 14.5. The summed E-state index contributed by atoms with van der Waals surface area (Å²) in [6.45, 7) is 1.05. The number of esters is 1. The van der Waals surface area contributed by atoms with Gasteiger partial charge in [-0.05, 0) is 54.7 Å². The maximum Gasteiger partial charge on any atom is 0.427 e. The number of aromatic nitrogens is 1. The number of nitrogens with zero attached hydrogens (tertiary/aromatic N) is 1. The first-order valence-corrected chi connectivity index (χ1v) is 10.8. The van der Waals surface area contributed by atoms with Crippen LogP contribution in [0.4, 0.5) is 22.0 Å². The smallest absolute Gasteiger partial charge is 0.427 e. The first-order valence-electron chi connectivity index (χ1n) is 9.68. The van der Waals surface area contributed by atoms with Crippen LogP contribution in [0.3, 0.4) is 0 Å². The molecule has 1 heterocycles. The highest BCUT2D eigenvalue weighted by atomic mass is 35.5. The number of ether oxygens (including phenoxy) is 2. The van der Waals surface area contributed by atoms with Crippen LogP contribution in [0.5, 0.6) is 5.75 Å². The van der Waals surface area contributed by atoms with Crippen molar-refractivity contribution in [3.8, 4) is 17.0 Å². The Hall–Kier alpha value is -2.72. The van der Waals surface area contributed by atoms with Crippen LogP contribution in [-0.4, -0.2) is 16.9 Å². The summed E-state index contributed by atoms with van der Waals surface area (Å²) in [5.74, 6) is -3.54. The Morgan fingerprint density at radius 3 is 2.33 bits per heavy atom. The molecule has 0 aliphatic rings. The van der Waals surface area contributed by atoms with Gasteiger partial charge in [-0.3, -0.25) is 4.79 Å². The number of carbonyl (C=O) groups is 1. The van der Waals surface area contributed by atoms with Crippen molar-refractivity contribution >= 4 is 29.1 Å². The van der Waals surface area contributed by atoms with Crippen LogP contribution >= 0.6 is 23.1 Å². The van der Waals surface area contributed by atoms with Crippen LogP contribution in [0.15, 0.2) is 36.4 Å². The second kappa shape index (κ2) is 10.5. The molecule has 11 heteroatoms. The summed E-state index contributed by atoms with van der Waals surface area (Å²) in [5.41, 5.74) is 0.163. The molecule has 0 aliphatic carbocycles. The number of rotatable bonds is 8. The van der Waals surface area contributed by atoms with Crippen molar-refractivity contribution in [1.29, 1.82) is 0 Å². The van der Waals surface area contributed by atoms with Crippen molar-refractivity contribution in [2.45, 2.75) is 32.5 Å². The van der Waals surface area contributed by atoms with E-state index in [4.69, 9.17) is 21.1 Å². The van der Waals surface area contributed by atoms with E-state index in [1.807, 2.05) is 0 Å². The second-order valence-electron chi connectivity index (χ2n) is 6.83. The third kappa shape index (κ3) is 6.20. The first-order chi connectivity index (χ1) is 15.6. The van der Waals surface area contributed by atoms with Gasteiger partial charge < -0.3 is 9.47 Å². The number of hydrogen-bond acceptors (Lipinski definition) is 5. The predicted molar refractivity (Wildman–Crippen MR) is 113 cm³/mol. The van der Waals surface area contributed by atoms with Gasteiger partial charge in [-0.2, -0.15) is 17.5 Å². The highest BCUT2D eigenvalue weighted by Crippen LogP contribution is 2.40. The summed E-state index contributed by atoms with van der Waals surface area (Å²) in [7, 11) is 0. The van der Waals surface area contributed by atoms with E-state index in [1.54, 1.807) is 6.92 Å². The SMILES string of the molecule is CCOC(=O)CCc1cc(F)c(OCc2c(-c3ccc(Cl)cc3)nsc2C(F)(F)F)c(F)c1. The zero-order valence-electron chi connectivity index (χ0n) is 17.1. The van der Waals surface area contributed by atoms with Crippen LogP contribution in [0.2, 0.25) is 5.02 Å². The van der Waals surface area contributed by atoms with E-state index in [9.17, 15) is 26.7 Å². The molecule has 0 amide bonds. The summed E-state index contributed by atoms with van der Waals surface area (Å²) < 4.78 is 83.2. The van der Waals surface area contributed by atoms with E-state index in [-0.39, 0.29) is 47.8 Å². The van der Waals surface area contributed by atoms with Crippen LogP contribution in [-0.2, 0) is 28.7 Å². The average Bonchev–Trinajstić information content (AvgIpc) is 3.17. The third-order valence-electron chi connectivity index (χ3n) is 4.51. The van der Waals surface area contributed by atoms with Crippen molar-refractivity contribution in [3.05, 3.63) is 69.1 Å². The number of hydrogen-bond donors (Lipinski definition) is 0. The summed E-state index contributed by atoms with van der Waals surface area (Å²) in [6, 6.07) is 7.88. The van der Waals surface area contributed by atoms with Gasteiger partial charge in [0.05, 0.1) is 12.3 Å². The standard InChI is InChI=1S/C22H17ClF5NO3S/c1-2-31-18(30)8-3-12-9-16(24)20(17(25)10-12)32-11-15-19(13-4-6-14(23)7-5-13)29-33-21(15)22(26,27)28/h4-7,9-10H,2-3,8,11H2,1H3. The molecule has 4 nitrogen and oxygen atoms in total. The summed E-state index contributed by atoms with van der Waals surface area (Å²) in [6.07, 6.45) is -4.78. The van der Waals surface area contributed by atoms with Crippen LogP contribution < -0.4 is 4.74 Å². The molecular formula is C22H17ClF5NO3S. The number of alkyl halides is 3. The van der Waals surface area contributed by atoms with Gasteiger partial charge in [0.1, 0.15) is 11.5 Å². The molecule has 0 saturated carbocycles. The lowest BCUT2D eigenvalue weighted by atomic mass is 10.1. The van der Waals surface area contributed by atoms with Crippen molar-refractivity contribution in [2.24, 2.45) is 0 Å². The molecule has 0 atom stereocenters. The van der Waals surface area contributed by atoms with E-state index in [1.165, 1.54) is 24.3 Å². The fourth-order valence-corrected chi connectivity index (χ4v) is 3.91. The Bertz CT molecular complexity index is 1110. The van der Waals surface area contributed by atoms with Crippen molar-refractivity contribution < 1.29 is 36.2 Å². The minimum absolute atomic E-state index is 0.0177.